The number of hydrogen-bond donors (Lipinski definition) is 1. The van der Waals surface area contributed by atoms with Gasteiger partial charge < -0.3 is 4.90 Å². The number of thiazole rings is 1. The van der Waals surface area contributed by atoms with Crippen molar-refractivity contribution in [3.63, 3.8) is 0 Å². The van der Waals surface area contributed by atoms with Crippen molar-refractivity contribution in [2.45, 2.75) is 26.3 Å². The van der Waals surface area contributed by atoms with E-state index in [1.165, 1.54) is 17.4 Å². The van der Waals surface area contributed by atoms with Gasteiger partial charge in [0.15, 0.2) is 5.13 Å². The largest absolute Gasteiger partial charge is 0.309 e. The van der Waals surface area contributed by atoms with Gasteiger partial charge >= 0.3 is 0 Å². The van der Waals surface area contributed by atoms with Crippen LogP contribution in [0.3, 0.4) is 0 Å². The molecule has 3 aromatic rings. The Morgan fingerprint density at radius 1 is 1.21 bits per heavy atom. The molecule has 1 aliphatic rings. The van der Waals surface area contributed by atoms with Crippen molar-refractivity contribution in [3.8, 4) is 11.3 Å². The lowest BCUT2D eigenvalue weighted by molar-refractivity contribution is -0.117. The first kappa shape index (κ1) is 19.1. The van der Waals surface area contributed by atoms with Gasteiger partial charge in [-0.3, -0.25) is 14.9 Å². The van der Waals surface area contributed by atoms with Crippen molar-refractivity contribution >= 4 is 40.0 Å². The second-order valence-corrected chi connectivity index (χ2v) is 7.91. The molecule has 0 fully saturated rings. The van der Waals surface area contributed by atoms with Crippen molar-refractivity contribution in [2.75, 3.05) is 10.2 Å². The number of carbonyl (C=O) groups is 2. The number of aromatic nitrogens is 1. The fraction of sp³-hybridized carbons (Fsp3) is 0.174. The van der Waals surface area contributed by atoms with E-state index in [-0.39, 0.29) is 17.9 Å². The Labute approximate surface area is 173 Å². The number of benzene rings is 2. The number of anilines is 2. The van der Waals surface area contributed by atoms with Gasteiger partial charge in [-0.1, -0.05) is 36.4 Å². The molecule has 4 rings (SSSR count). The molecule has 0 aliphatic carbocycles. The normalized spacial score (nSPS) is 15.5. The average Bonchev–Trinajstić information content (AvgIpc) is 3.29. The Morgan fingerprint density at radius 3 is 2.76 bits per heavy atom. The summed E-state index contributed by atoms with van der Waals surface area (Å²) in [5.41, 5.74) is 4.89. The van der Waals surface area contributed by atoms with Crippen molar-refractivity contribution in [2.24, 2.45) is 0 Å². The van der Waals surface area contributed by atoms with Crippen molar-refractivity contribution in [1.82, 2.24) is 4.98 Å². The zero-order valence-corrected chi connectivity index (χ0v) is 17.1. The standard InChI is InChI=1S/C23H21N3O2S/c1-15-12-19-13-18(9-10-21(19)26(15)16(2)27)20-14-29-23(24-20)25-22(28)11-8-17-6-4-3-5-7-17/h3-11,13-15H,12H2,1-2H3,(H,24,25,28). The minimum Gasteiger partial charge on any atom is -0.309 e. The summed E-state index contributed by atoms with van der Waals surface area (Å²) in [4.78, 5) is 30.4. The Hall–Kier alpha value is -3.25. The van der Waals surface area contributed by atoms with E-state index >= 15 is 0 Å². The minimum absolute atomic E-state index is 0.0613. The van der Waals surface area contributed by atoms with Crippen LogP contribution < -0.4 is 10.2 Å². The summed E-state index contributed by atoms with van der Waals surface area (Å²) in [6.07, 6.45) is 4.11. The smallest absolute Gasteiger partial charge is 0.250 e. The van der Waals surface area contributed by atoms with E-state index in [1.54, 1.807) is 13.0 Å². The van der Waals surface area contributed by atoms with Gasteiger partial charge in [0.25, 0.3) is 0 Å². The predicted molar refractivity (Wildman–Crippen MR) is 118 cm³/mol. The SMILES string of the molecule is CC(=O)N1c2ccc(-c3csc(NC(=O)C=Cc4ccccc4)n3)cc2CC1C. The zero-order chi connectivity index (χ0) is 20.4. The molecule has 2 aromatic carbocycles. The van der Waals surface area contributed by atoms with Crippen LogP contribution in [0.2, 0.25) is 0 Å². The monoisotopic (exact) mass is 403 g/mol. The molecular weight excluding hydrogens is 382 g/mol. The highest BCUT2D eigenvalue weighted by atomic mass is 32.1. The number of fused-ring (bicyclic) bond motifs is 1. The van der Waals surface area contributed by atoms with Crippen molar-refractivity contribution < 1.29 is 9.59 Å². The van der Waals surface area contributed by atoms with Gasteiger partial charge in [-0.15, -0.1) is 11.3 Å². The Bertz CT molecular complexity index is 1090. The van der Waals surface area contributed by atoms with Crippen LogP contribution in [-0.4, -0.2) is 22.8 Å². The summed E-state index contributed by atoms with van der Waals surface area (Å²) < 4.78 is 0. The van der Waals surface area contributed by atoms with Crippen LogP contribution >= 0.6 is 11.3 Å². The van der Waals surface area contributed by atoms with Gasteiger partial charge in [0.2, 0.25) is 11.8 Å². The second kappa shape index (κ2) is 8.01. The highest BCUT2D eigenvalue weighted by Crippen LogP contribution is 2.36. The van der Waals surface area contributed by atoms with Crippen LogP contribution in [0.5, 0.6) is 0 Å². The molecule has 6 heteroatoms. The molecule has 2 amide bonds. The van der Waals surface area contributed by atoms with Crippen LogP contribution in [-0.2, 0) is 16.0 Å². The number of amides is 2. The molecule has 29 heavy (non-hydrogen) atoms. The molecule has 1 N–H and O–H groups in total. The van der Waals surface area contributed by atoms with Gasteiger partial charge in [0.05, 0.1) is 5.69 Å². The number of nitrogens with one attached hydrogen (secondary N) is 1. The molecule has 0 radical (unpaired) electrons. The van der Waals surface area contributed by atoms with E-state index in [2.05, 4.69) is 23.3 Å². The van der Waals surface area contributed by atoms with Gasteiger partial charge in [-0.2, -0.15) is 0 Å². The molecule has 5 nitrogen and oxygen atoms in total. The third kappa shape index (κ3) is 4.12. The molecule has 2 heterocycles. The molecular formula is C23H21N3O2S. The maximum Gasteiger partial charge on any atom is 0.250 e. The minimum atomic E-state index is -0.213. The molecule has 0 spiro atoms. The molecule has 146 valence electrons. The summed E-state index contributed by atoms with van der Waals surface area (Å²) in [5, 5.41) is 5.30. The average molecular weight is 404 g/mol. The topological polar surface area (TPSA) is 62.3 Å². The van der Waals surface area contributed by atoms with E-state index in [0.717, 1.165) is 34.5 Å². The number of rotatable bonds is 4. The summed E-state index contributed by atoms with van der Waals surface area (Å²) in [7, 11) is 0. The van der Waals surface area contributed by atoms with Crippen LogP contribution in [0.25, 0.3) is 17.3 Å². The fourth-order valence-electron chi connectivity index (χ4n) is 3.62. The summed E-state index contributed by atoms with van der Waals surface area (Å²) >= 11 is 1.39. The van der Waals surface area contributed by atoms with Crippen LogP contribution in [0, 0.1) is 0 Å². The van der Waals surface area contributed by atoms with E-state index < -0.39 is 0 Å². The van der Waals surface area contributed by atoms with Crippen LogP contribution in [0.4, 0.5) is 10.8 Å². The summed E-state index contributed by atoms with van der Waals surface area (Å²) in [5.74, 6) is -0.152. The maximum atomic E-state index is 12.2. The second-order valence-electron chi connectivity index (χ2n) is 7.06. The first-order valence-corrected chi connectivity index (χ1v) is 10.3. The number of carbonyl (C=O) groups excluding carboxylic acids is 2. The molecule has 1 aliphatic heterocycles. The van der Waals surface area contributed by atoms with Gasteiger partial charge in [0, 0.05) is 35.7 Å². The molecule has 0 saturated carbocycles. The van der Waals surface area contributed by atoms with Crippen LogP contribution in [0.15, 0.2) is 60.0 Å². The van der Waals surface area contributed by atoms with Crippen molar-refractivity contribution in [1.29, 1.82) is 0 Å². The van der Waals surface area contributed by atoms with E-state index in [9.17, 15) is 9.59 Å². The highest BCUT2D eigenvalue weighted by molar-refractivity contribution is 7.14. The first-order chi connectivity index (χ1) is 14.0. The molecule has 0 bridgehead atoms. The Morgan fingerprint density at radius 2 is 2.00 bits per heavy atom. The Balaban J connectivity index is 1.47. The molecule has 1 atom stereocenters. The lowest BCUT2D eigenvalue weighted by Crippen LogP contribution is -2.33. The fourth-order valence-corrected chi connectivity index (χ4v) is 4.34. The van der Waals surface area contributed by atoms with E-state index in [1.807, 2.05) is 52.7 Å². The number of nitrogens with zero attached hydrogens (tertiary/aromatic N) is 2. The Kier molecular flexibility index (Phi) is 5.27. The first-order valence-electron chi connectivity index (χ1n) is 9.44. The van der Waals surface area contributed by atoms with Gasteiger partial charge in [-0.25, -0.2) is 4.98 Å². The zero-order valence-electron chi connectivity index (χ0n) is 16.3. The lowest BCUT2D eigenvalue weighted by atomic mass is 10.1. The third-order valence-corrected chi connectivity index (χ3v) is 5.65. The molecule has 1 aromatic heterocycles. The third-order valence-electron chi connectivity index (χ3n) is 4.89. The highest BCUT2D eigenvalue weighted by Gasteiger charge is 2.29. The number of hydrogen-bond acceptors (Lipinski definition) is 4. The van der Waals surface area contributed by atoms with Gasteiger partial charge in [0.1, 0.15) is 0 Å². The summed E-state index contributed by atoms with van der Waals surface area (Å²) in [6, 6.07) is 15.9. The molecule has 0 saturated heterocycles. The van der Waals surface area contributed by atoms with Crippen LogP contribution in [0.1, 0.15) is 25.0 Å². The predicted octanol–water partition coefficient (Wildman–Crippen LogP) is 4.76. The lowest BCUT2D eigenvalue weighted by Gasteiger charge is -2.20. The molecule has 1 unspecified atom stereocenters. The van der Waals surface area contributed by atoms with Crippen molar-refractivity contribution in [3.05, 3.63) is 71.1 Å². The van der Waals surface area contributed by atoms with E-state index in [0.29, 0.717) is 5.13 Å². The van der Waals surface area contributed by atoms with E-state index in [4.69, 9.17) is 0 Å². The maximum absolute atomic E-state index is 12.2. The summed E-state index contributed by atoms with van der Waals surface area (Å²) in [6.45, 7) is 3.65. The quantitative estimate of drug-likeness (QED) is 0.639. The van der Waals surface area contributed by atoms with Gasteiger partial charge in [-0.05, 0) is 42.7 Å².